The Bertz CT molecular complexity index is 797. The van der Waals surface area contributed by atoms with Gasteiger partial charge >= 0.3 is 0 Å². The van der Waals surface area contributed by atoms with Gasteiger partial charge in [-0.3, -0.25) is 4.99 Å². The number of methoxy groups -OCH3 is 1. The second-order valence-corrected chi connectivity index (χ2v) is 9.41. The molecule has 1 aromatic heterocycles. The molecule has 0 saturated heterocycles. The van der Waals surface area contributed by atoms with E-state index < -0.39 is 0 Å². The van der Waals surface area contributed by atoms with Crippen LogP contribution in [0.25, 0.3) is 0 Å². The Labute approximate surface area is 157 Å². The van der Waals surface area contributed by atoms with Crippen molar-refractivity contribution in [3.8, 4) is 5.75 Å². The summed E-state index contributed by atoms with van der Waals surface area (Å²) < 4.78 is 5.29. The zero-order valence-corrected chi connectivity index (χ0v) is 16.4. The van der Waals surface area contributed by atoms with Crippen molar-refractivity contribution in [2.75, 3.05) is 12.9 Å². The molecule has 132 valence electrons. The average molecular weight is 373 g/mol. The summed E-state index contributed by atoms with van der Waals surface area (Å²) in [6.45, 7) is 2.21. The SMILES string of the molecule is COc1ccc(CC2CCc3sc(C)cc3C23CCSC(N)=N3)cc1. The van der Waals surface area contributed by atoms with Crippen molar-refractivity contribution in [1.82, 2.24) is 0 Å². The molecule has 1 aliphatic carbocycles. The number of benzene rings is 1. The molecule has 0 fully saturated rings. The van der Waals surface area contributed by atoms with Crippen LogP contribution < -0.4 is 10.5 Å². The van der Waals surface area contributed by atoms with Crippen molar-refractivity contribution in [2.24, 2.45) is 16.6 Å². The number of amidine groups is 1. The van der Waals surface area contributed by atoms with Gasteiger partial charge in [0.15, 0.2) is 5.17 Å². The van der Waals surface area contributed by atoms with Crippen molar-refractivity contribution in [3.05, 3.63) is 51.2 Å². The van der Waals surface area contributed by atoms with Crippen molar-refractivity contribution in [3.63, 3.8) is 0 Å². The molecule has 2 unspecified atom stereocenters. The molecule has 2 aliphatic rings. The highest BCUT2D eigenvalue weighted by Crippen LogP contribution is 2.51. The zero-order chi connectivity index (χ0) is 17.4. The lowest BCUT2D eigenvalue weighted by Crippen LogP contribution is -2.42. The van der Waals surface area contributed by atoms with Crippen molar-refractivity contribution < 1.29 is 4.74 Å². The highest BCUT2D eigenvalue weighted by molar-refractivity contribution is 8.13. The number of hydrogen-bond acceptors (Lipinski definition) is 5. The van der Waals surface area contributed by atoms with Gasteiger partial charge in [-0.1, -0.05) is 23.9 Å². The van der Waals surface area contributed by atoms with E-state index in [-0.39, 0.29) is 5.54 Å². The minimum Gasteiger partial charge on any atom is -0.497 e. The summed E-state index contributed by atoms with van der Waals surface area (Å²) in [4.78, 5) is 7.99. The number of aliphatic imine (C=N–C) groups is 1. The number of thioether (sulfide) groups is 1. The molecule has 3 nitrogen and oxygen atoms in total. The van der Waals surface area contributed by atoms with Crippen LogP contribution in [0.5, 0.6) is 5.75 Å². The van der Waals surface area contributed by atoms with Gasteiger partial charge in [0, 0.05) is 15.5 Å². The first-order valence-corrected chi connectivity index (χ1v) is 10.6. The molecule has 0 radical (unpaired) electrons. The van der Waals surface area contributed by atoms with Gasteiger partial charge < -0.3 is 10.5 Å². The van der Waals surface area contributed by atoms with Crippen LogP contribution in [-0.2, 0) is 18.4 Å². The Morgan fingerprint density at radius 3 is 2.84 bits per heavy atom. The largest absolute Gasteiger partial charge is 0.497 e. The fourth-order valence-electron chi connectivity index (χ4n) is 4.28. The first-order valence-electron chi connectivity index (χ1n) is 8.81. The molecular weight excluding hydrogens is 348 g/mol. The Hall–Kier alpha value is -1.46. The van der Waals surface area contributed by atoms with Crippen molar-refractivity contribution in [2.45, 2.75) is 38.1 Å². The lowest BCUT2D eigenvalue weighted by atomic mass is 9.68. The average Bonchev–Trinajstić information content (AvgIpc) is 3.00. The molecule has 0 amide bonds. The molecule has 0 bridgehead atoms. The number of ether oxygens (including phenoxy) is 1. The first-order chi connectivity index (χ1) is 12.1. The summed E-state index contributed by atoms with van der Waals surface area (Å²) in [5.74, 6) is 2.47. The second kappa shape index (κ2) is 6.69. The quantitative estimate of drug-likeness (QED) is 0.862. The molecule has 25 heavy (non-hydrogen) atoms. The van der Waals surface area contributed by atoms with Gasteiger partial charge in [0.25, 0.3) is 0 Å². The Kier molecular flexibility index (Phi) is 4.54. The normalized spacial score (nSPS) is 25.5. The standard InChI is InChI=1S/C20H24N2OS2/c1-13-11-17-18(25-13)8-5-15(20(17)9-10-24-19(21)22-20)12-14-3-6-16(23-2)7-4-14/h3-4,6-7,11,15H,5,8-10,12H2,1-2H3,(H2,21,22). The van der Waals surface area contributed by atoms with Gasteiger partial charge in [-0.05, 0) is 67.9 Å². The summed E-state index contributed by atoms with van der Waals surface area (Å²) in [5, 5.41) is 0.752. The molecule has 1 aliphatic heterocycles. The topological polar surface area (TPSA) is 47.6 Å². The van der Waals surface area contributed by atoms with Crippen LogP contribution in [0.4, 0.5) is 0 Å². The fraction of sp³-hybridized carbons (Fsp3) is 0.450. The third kappa shape index (κ3) is 3.08. The van der Waals surface area contributed by atoms with E-state index in [4.69, 9.17) is 15.5 Å². The molecule has 2 heterocycles. The number of fused-ring (bicyclic) bond motifs is 2. The number of nitrogens with zero attached hydrogens (tertiary/aromatic N) is 1. The van der Waals surface area contributed by atoms with Crippen molar-refractivity contribution in [1.29, 1.82) is 0 Å². The van der Waals surface area contributed by atoms with Crippen LogP contribution >= 0.6 is 23.1 Å². The number of thiophene rings is 1. The second-order valence-electron chi connectivity index (χ2n) is 6.95. The van der Waals surface area contributed by atoms with E-state index in [0.717, 1.165) is 29.5 Å². The van der Waals surface area contributed by atoms with Gasteiger partial charge in [-0.15, -0.1) is 11.3 Å². The highest BCUT2D eigenvalue weighted by Gasteiger charge is 2.46. The summed E-state index contributed by atoms with van der Waals surface area (Å²) in [6, 6.07) is 10.8. The molecule has 1 aromatic carbocycles. The summed E-state index contributed by atoms with van der Waals surface area (Å²) in [5.41, 5.74) is 8.87. The monoisotopic (exact) mass is 372 g/mol. The third-order valence-electron chi connectivity index (χ3n) is 5.48. The Morgan fingerprint density at radius 1 is 1.32 bits per heavy atom. The highest BCUT2D eigenvalue weighted by atomic mass is 32.2. The van der Waals surface area contributed by atoms with E-state index in [1.165, 1.54) is 33.7 Å². The van der Waals surface area contributed by atoms with Crippen LogP contribution in [0.3, 0.4) is 0 Å². The summed E-state index contributed by atoms with van der Waals surface area (Å²) in [7, 11) is 1.71. The lowest BCUT2D eigenvalue weighted by Gasteiger charge is -2.43. The van der Waals surface area contributed by atoms with Crippen molar-refractivity contribution >= 4 is 28.3 Å². The minimum atomic E-state index is -0.131. The maximum Gasteiger partial charge on any atom is 0.154 e. The Morgan fingerprint density at radius 2 is 2.12 bits per heavy atom. The molecular formula is C20H24N2OS2. The number of hydrogen-bond donors (Lipinski definition) is 1. The Balaban J connectivity index is 1.72. The van der Waals surface area contributed by atoms with E-state index in [0.29, 0.717) is 5.92 Å². The molecule has 2 N–H and O–H groups in total. The maximum atomic E-state index is 6.20. The molecule has 2 aromatic rings. The van der Waals surface area contributed by atoms with E-state index >= 15 is 0 Å². The van der Waals surface area contributed by atoms with Gasteiger partial charge in [0.05, 0.1) is 12.6 Å². The van der Waals surface area contributed by atoms with Gasteiger partial charge in [-0.2, -0.15) is 0 Å². The predicted molar refractivity (Wildman–Crippen MR) is 108 cm³/mol. The van der Waals surface area contributed by atoms with Crippen LogP contribution in [-0.4, -0.2) is 18.0 Å². The van der Waals surface area contributed by atoms with Gasteiger partial charge in [-0.25, -0.2) is 0 Å². The fourth-order valence-corrected chi connectivity index (χ4v) is 6.26. The maximum absolute atomic E-state index is 6.20. The molecule has 5 heteroatoms. The molecule has 2 atom stereocenters. The lowest BCUT2D eigenvalue weighted by molar-refractivity contribution is 0.234. The van der Waals surface area contributed by atoms with E-state index in [9.17, 15) is 0 Å². The minimum absolute atomic E-state index is 0.131. The smallest absolute Gasteiger partial charge is 0.154 e. The van der Waals surface area contributed by atoms with Crippen LogP contribution in [0, 0.1) is 12.8 Å². The van der Waals surface area contributed by atoms with E-state index in [1.54, 1.807) is 18.9 Å². The first kappa shape index (κ1) is 17.0. The van der Waals surface area contributed by atoms with E-state index in [1.807, 2.05) is 11.3 Å². The molecule has 4 rings (SSSR count). The summed E-state index contributed by atoms with van der Waals surface area (Å²) in [6.07, 6.45) is 4.47. The summed E-state index contributed by atoms with van der Waals surface area (Å²) >= 11 is 3.63. The van der Waals surface area contributed by atoms with E-state index in [2.05, 4.69) is 37.3 Å². The third-order valence-corrected chi connectivity index (χ3v) is 7.38. The number of aryl methyl sites for hydroxylation is 2. The zero-order valence-electron chi connectivity index (χ0n) is 14.7. The van der Waals surface area contributed by atoms with Crippen LogP contribution in [0.2, 0.25) is 0 Å². The number of nitrogens with two attached hydrogens (primary N) is 1. The predicted octanol–water partition coefficient (Wildman–Crippen LogP) is 4.52. The van der Waals surface area contributed by atoms with Crippen LogP contribution in [0.1, 0.15) is 33.7 Å². The molecule has 0 saturated carbocycles. The number of rotatable bonds is 3. The van der Waals surface area contributed by atoms with Crippen LogP contribution in [0.15, 0.2) is 35.3 Å². The molecule has 1 spiro atoms. The van der Waals surface area contributed by atoms with Gasteiger partial charge in [0.1, 0.15) is 5.75 Å². The van der Waals surface area contributed by atoms with Gasteiger partial charge in [0.2, 0.25) is 0 Å².